The zero-order valence-electron chi connectivity index (χ0n) is 11.1. The monoisotopic (exact) mass is 311 g/mol. The van der Waals surface area contributed by atoms with Gasteiger partial charge in [-0.15, -0.1) is 0 Å². The van der Waals surface area contributed by atoms with Gasteiger partial charge in [-0.25, -0.2) is 0 Å². The molecule has 4 nitrogen and oxygen atoms in total. The Morgan fingerprint density at radius 2 is 2.25 bits per heavy atom. The highest BCUT2D eigenvalue weighted by molar-refractivity contribution is 6.42. The van der Waals surface area contributed by atoms with Crippen molar-refractivity contribution in [2.24, 2.45) is 7.05 Å². The molecular formula is C14H15Cl2N3O. The van der Waals surface area contributed by atoms with Crippen LogP contribution in [0.3, 0.4) is 0 Å². The SMILES string of the molecule is Cn1cc(CN2CC2COc2cccc(Cl)c2Cl)cn1. The third-order valence-electron chi connectivity index (χ3n) is 3.32. The van der Waals surface area contributed by atoms with E-state index in [0.29, 0.717) is 28.4 Å². The summed E-state index contributed by atoms with van der Waals surface area (Å²) in [5.41, 5.74) is 1.22. The molecule has 0 radical (unpaired) electrons. The standard InChI is InChI=1S/C14H15Cl2N3O/c1-18-6-10(5-17-18)7-19-8-11(19)9-20-13-4-2-3-12(15)14(13)16/h2-6,11H,7-9H2,1H3. The lowest BCUT2D eigenvalue weighted by Crippen LogP contribution is -2.11. The normalized spacial score (nSPS) is 20.9. The molecule has 0 bridgehead atoms. The fourth-order valence-corrected chi connectivity index (χ4v) is 2.49. The predicted octanol–water partition coefficient (Wildman–Crippen LogP) is 2.99. The second kappa shape index (κ2) is 5.64. The first-order valence-electron chi connectivity index (χ1n) is 6.42. The van der Waals surface area contributed by atoms with Crippen molar-refractivity contribution in [3.63, 3.8) is 0 Å². The zero-order valence-corrected chi connectivity index (χ0v) is 12.6. The summed E-state index contributed by atoms with van der Waals surface area (Å²) in [6.07, 6.45) is 3.92. The smallest absolute Gasteiger partial charge is 0.139 e. The number of aromatic nitrogens is 2. The summed E-state index contributed by atoms with van der Waals surface area (Å²) >= 11 is 12.0. The molecule has 1 saturated heterocycles. The lowest BCUT2D eigenvalue weighted by atomic mass is 10.3. The average molecular weight is 312 g/mol. The molecule has 1 aromatic carbocycles. The first-order chi connectivity index (χ1) is 9.63. The van der Waals surface area contributed by atoms with Crippen molar-refractivity contribution in [2.75, 3.05) is 13.2 Å². The van der Waals surface area contributed by atoms with Crippen molar-refractivity contribution >= 4 is 23.2 Å². The van der Waals surface area contributed by atoms with Crippen LogP contribution in [0.4, 0.5) is 0 Å². The van der Waals surface area contributed by atoms with E-state index in [1.165, 1.54) is 5.56 Å². The Balaban J connectivity index is 1.50. The van der Waals surface area contributed by atoms with E-state index in [1.54, 1.807) is 6.07 Å². The van der Waals surface area contributed by atoms with E-state index < -0.39 is 0 Å². The molecule has 0 N–H and O–H groups in total. The summed E-state index contributed by atoms with van der Waals surface area (Å²) in [7, 11) is 1.92. The van der Waals surface area contributed by atoms with Crippen molar-refractivity contribution in [1.29, 1.82) is 0 Å². The number of nitrogens with zero attached hydrogens (tertiary/aromatic N) is 3. The van der Waals surface area contributed by atoms with Gasteiger partial charge in [0.1, 0.15) is 17.4 Å². The van der Waals surface area contributed by atoms with Crippen LogP contribution >= 0.6 is 23.2 Å². The zero-order chi connectivity index (χ0) is 14.1. The van der Waals surface area contributed by atoms with E-state index in [2.05, 4.69) is 10.00 Å². The highest BCUT2D eigenvalue weighted by Crippen LogP contribution is 2.32. The van der Waals surface area contributed by atoms with E-state index >= 15 is 0 Å². The molecule has 0 aliphatic carbocycles. The first-order valence-corrected chi connectivity index (χ1v) is 7.17. The van der Waals surface area contributed by atoms with E-state index in [-0.39, 0.29) is 0 Å². The molecule has 1 aliphatic heterocycles. The fourth-order valence-electron chi connectivity index (χ4n) is 2.14. The second-order valence-corrected chi connectivity index (χ2v) is 5.75. The van der Waals surface area contributed by atoms with Crippen LogP contribution < -0.4 is 4.74 Å². The summed E-state index contributed by atoms with van der Waals surface area (Å²) in [6.45, 7) is 2.57. The van der Waals surface area contributed by atoms with Gasteiger partial charge in [-0.1, -0.05) is 29.3 Å². The Hall–Kier alpha value is -1.23. The molecule has 1 aromatic heterocycles. The Bertz CT molecular complexity index is 614. The summed E-state index contributed by atoms with van der Waals surface area (Å²) < 4.78 is 7.55. The van der Waals surface area contributed by atoms with Gasteiger partial charge in [-0.3, -0.25) is 9.58 Å². The molecule has 20 heavy (non-hydrogen) atoms. The third kappa shape index (κ3) is 3.08. The van der Waals surface area contributed by atoms with Crippen LogP contribution in [0.15, 0.2) is 30.6 Å². The Labute approximate surface area is 127 Å². The first kappa shape index (κ1) is 13.7. The topological polar surface area (TPSA) is 30.1 Å². The van der Waals surface area contributed by atoms with E-state index in [4.69, 9.17) is 27.9 Å². The largest absolute Gasteiger partial charge is 0.490 e. The fraction of sp³-hybridized carbons (Fsp3) is 0.357. The van der Waals surface area contributed by atoms with Crippen LogP contribution in [0.2, 0.25) is 10.0 Å². The molecule has 0 spiro atoms. The number of rotatable bonds is 5. The molecule has 6 heteroatoms. The van der Waals surface area contributed by atoms with Gasteiger partial charge in [0.15, 0.2) is 0 Å². The van der Waals surface area contributed by atoms with Gasteiger partial charge < -0.3 is 4.74 Å². The second-order valence-electron chi connectivity index (χ2n) is 4.97. The van der Waals surface area contributed by atoms with Crippen LogP contribution in [-0.4, -0.2) is 33.9 Å². The van der Waals surface area contributed by atoms with Crippen molar-refractivity contribution in [2.45, 2.75) is 12.6 Å². The Morgan fingerprint density at radius 3 is 3.00 bits per heavy atom. The minimum absolute atomic E-state index is 0.435. The van der Waals surface area contributed by atoms with Gasteiger partial charge in [-0.2, -0.15) is 5.10 Å². The number of hydrogen-bond donors (Lipinski definition) is 0. The molecule has 2 heterocycles. The lowest BCUT2D eigenvalue weighted by Gasteiger charge is -2.08. The highest BCUT2D eigenvalue weighted by Gasteiger charge is 2.34. The van der Waals surface area contributed by atoms with Gasteiger partial charge in [0.05, 0.1) is 17.3 Å². The predicted molar refractivity (Wildman–Crippen MR) is 79.4 cm³/mol. The van der Waals surface area contributed by atoms with Gasteiger partial charge in [0.2, 0.25) is 0 Å². The maximum Gasteiger partial charge on any atom is 0.139 e. The Morgan fingerprint density at radius 1 is 1.40 bits per heavy atom. The molecular weight excluding hydrogens is 297 g/mol. The summed E-state index contributed by atoms with van der Waals surface area (Å²) in [5, 5.41) is 5.16. The van der Waals surface area contributed by atoms with E-state index in [1.807, 2.05) is 36.3 Å². The van der Waals surface area contributed by atoms with Crippen molar-refractivity contribution in [3.05, 3.63) is 46.2 Å². The number of benzene rings is 1. The van der Waals surface area contributed by atoms with Crippen LogP contribution in [0.1, 0.15) is 5.56 Å². The number of aryl methyl sites for hydroxylation is 1. The van der Waals surface area contributed by atoms with Crippen molar-refractivity contribution in [3.8, 4) is 5.75 Å². The van der Waals surface area contributed by atoms with E-state index in [9.17, 15) is 0 Å². The molecule has 1 aliphatic rings. The molecule has 1 fully saturated rings. The van der Waals surface area contributed by atoms with Gasteiger partial charge in [0, 0.05) is 31.9 Å². The minimum atomic E-state index is 0.435. The molecule has 2 atom stereocenters. The van der Waals surface area contributed by atoms with Crippen LogP contribution in [0, 0.1) is 0 Å². The van der Waals surface area contributed by atoms with Gasteiger partial charge >= 0.3 is 0 Å². The van der Waals surface area contributed by atoms with Crippen LogP contribution in [0.25, 0.3) is 0 Å². The van der Waals surface area contributed by atoms with E-state index in [0.717, 1.165) is 13.1 Å². The molecule has 3 rings (SSSR count). The van der Waals surface area contributed by atoms with Gasteiger partial charge in [-0.05, 0) is 12.1 Å². The average Bonchev–Trinajstić information content (AvgIpc) is 3.03. The summed E-state index contributed by atoms with van der Waals surface area (Å²) in [6, 6.07) is 5.86. The van der Waals surface area contributed by atoms with Gasteiger partial charge in [0.25, 0.3) is 0 Å². The van der Waals surface area contributed by atoms with Crippen molar-refractivity contribution < 1.29 is 4.74 Å². The third-order valence-corrected chi connectivity index (χ3v) is 4.12. The Kier molecular flexibility index (Phi) is 3.87. The lowest BCUT2D eigenvalue weighted by molar-refractivity contribution is 0.293. The molecule has 106 valence electrons. The molecule has 0 saturated carbocycles. The highest BCUT2D eigenvalue weighted by atomic mass is 35.5. The van der Waals surface area contributed by atoms with Crippen molar-refractivity contribution in [1.82, 2.24) is 14.7 Å². The molecule has 2 aromatic rings. The maximum absolute atomic E-state index is 6.08. The minimum Gasteiger partial charge on any atom is -0.490 e. The number of halogens is 2. The summed E-state index contributed by atoms with van der Waals surface area (Å²) in [5.74, 6) is 0.646. The van der Waals surface area contributed by atoms with Crippen LogP contribution in [0.5, 0.6) is 5.75 Å². The maximum atomic E-state index is 6.08. The number of hydrogen-bond acceptors (Lipinski definition) is 3. The van der Waals surface area contributed by atoms with Crippen LogP contribution in [-0.2, 0) is 13.6 Å². The number of ether oxygens (including phenoxy) is 1. The summed E-state index contributed by atoms with van der Waals surface area (Å²) in [4.78, 5) is 2.33. The molecule has 0 amide bonds. The molecule has 2 unspecified atom stereocenters. The quantitative estimate of drug-likeness (QED) is 0.795.